The van der Waals surface area contributed by atoms with E-state index in [9.17, 15) is 4.79 Å². The maximum Gasteiger partial charge on any atom is 0.234 e. The third-order valence-electron chi connectivity index (χ3n) is 2.01. The highest BCUT2D eigenvalue weighted by Crippen LogP contribution is 2.03. The van der Waals surface area contributed by atoms with Gasteiger partial charge in [0, 0.05) is 1.43 Å². The van der Waals surface area contributed by atoms with Crippen molar-refractivity contribution in [3.05, 3.63) is 12.3 Å². The number of hydrogen-bond acceptors (Lipinski definition) is 4. The van der Waals surface area contributed by atoms with Crippen LogP contribution in [0.1, 0.15) is 40.5 Å². The van der Waals surface area contributed by atoms with Crippen LogP contribution in [0.4, 0.5) is 0 Å². The largest absolute Gasteiger partial charge is 0.473 e. The number of carbonyl (C=O) groups excluding carboxylic acids is 1. The molecule has 0 aromatic carbocycles. The summed E-state index contributed by atoms with van der Waals surface area (Å²) in [6, 6.07) is 0. The van der Waals surface area contributed by atoms with Gasteiger partial charge in [-0.15, -0.1) is 0 Å². The third-order valence-corrected chi connectivity index (χ3v) is 2.01. The second kappa shape index (κ2) is 12.0. The number of ether oxygens (including phenoxy) is 2. The van der Waals surface area contributed by atoms with Gasteiger partial charge in [-0.25, -0.2) is 9.79 Å². The van der Waals surface area contributed by atoms with Crippen molar-refractivity contribution in [1.29, 1.82) is 0 Å². The van der Waals surface area contributed by atoms with Gasteiger partial charge in [0.05, 0.1) is 18.9 Å². The van der Waals surface area contributed by atoms with E-state index in [2.05, 4.69) is 11.6 Å². The van der Waals surface area contributed by atoms with E-state index in [1.165, 1.54) is 6.08 Å². The average molecular weight is 229 g/mol. The monoisotopic (exact) mass is 229 g/mol. The van der Waals surface area contributed by atoms with Gasteiger partial charge < -0.3 is 9.47 Å². The highest BCUT2D eigenvalue weighted by molar-refractivity contribution is 5.32. The molecule has 0 aliphatic heterocycles. The van der Waals surface area contributed by atoms with Gasteiger partial charge in [0.2, 0.25) is 6.08 Å². The SMILES string of the molecule is C=C(C)OCOCCCCCCCN=C=O.[HH]. The number of hydrogen-bond donors (Lipinski definition) is 0. The van der Waals surface area contributed by atoms with Crippen LogP contribution in [-0.2, 0) is 14.3 Å². The molecule has 0 aliphatic rings. The normalized spacial score (nSPS) is 9.56. The van der Waals surface area contributed by atoms with Gasteiger partial charge >= 0.3 is 0 Å². The third kappa shape index (κ3) is 12.9. The molecule has 0 amide bonds. The first-order valence-corrected chi connectivity index (χ1v) is 5.67. The lowest BCUT2D eigenvalue weighted by molar-refractivity contribution is -0.0233. The predicted octanol–water partition coefficient (Wildman–Crippen LogP) is 3.04. The lowest BCUT2D eigenvalue weighted by atomic mass is 10.1. The Hall–Kier alpha value is -1.12. The Bertz CT molecular complexity index is 218. The van der Waals surface area contributed by atoms with Gasteiger partial charge in [-0.1, -0.05) is 25.8 Å². The average Bonchev–Trinajstić information content (AvgIpc) is 2.25. The molecule has 0 aliphatic carbocycles. The van der Waals surface area contributed by atoms with Crippen molar-refractivity contribution in [2.75, 3.05) is 19.9 Å². The van der Waals surface area contributed by atoms with E-state index in [0.717, 1.165) is 38.7 Å². The number of isocyanates is 1. The van der Waals surface area contributed by atoms with Crippen LogP contribution in [0.3, 0.4) is 0 Å². The van der Waals surface area contributed by atoms with E-state index in [1.807, 2.05) is 0 Å². The summed E-state index contributed by atoms with van der Waals surface area (Å²) in [7, 11) is 0. The zero-order chi connectivity index (χ0) is 12.1. The van der Waals surface area contributed by atoms with Crippen molar-refractivity contribution in [1.82, 2.24) is 0 Å². The molecule has 0 spiro atoms. The fourth-order valence-electron chi connectivity index (χ4n) is 1.17. The van der Waals surface area contributed by atoms with Gasteiger partial charge in [0.15, 0.2) is 6.79 Å². The summed E-state index contributed by atoms with van der Waals surface area (Å²) >= 11 is 0. The van der Waals surface area contributed by atoms with Crippen molar-refractivity contribution < 1.29 is 15.7 Å². The fourth-order valence-corrected chi connectivity index (χ4v) is 1.17. The molecule has 0 N–H and O–H groups in total. The fraction of sp³-hybridized carbons (Fsp3) is 0.750. The number of nitrogens with zero attached hydrogens (tertiary/aromatic N) is 1. The van der Waals surface area contributed by atoms with Gasteiger partial charge in [0.1, 0.15) is 0 Å². The van der Waals surface area contributed by atoms with Gasteiger partial charge in [-0.2, -0.15) is 0 Å². The molecule has 4 nitrogen and oxygen atoms in total. The van der Waals surface area contributed by atoms with Crippen LogP contribution in [0, 0.1) is 0 Å². The maximum atomic E-state index is 9.76. The predicted molar refractivity (Wildman–Crippen MR) is 64.9 cm³/mol. The molecule has 94 valence electrons. The van der Waals surface area contributed by atoms with Crippen LogP contribution in [0.2, 0.25) is 0 Å². The van der Waals surface area contributed by atoms with Crippen molar-refractivity contribution in [2.24, 2.45) is 4.99 Å². The van der Waals surface area contributed by atoms with E-state index in [4.69, 9.17) is 9.47 Å². The summed E-state index contributed by atoms with van der Waals surface area (Å²) in [6.07, 6.45) is 6.93. The molecule has 0 unspecified atom stereocenters. The molecule has 0 aromatic rings. The molecule has 0 fully saturated rings. The van der Waals surface area contributed by atoms with Crippen LogP contribution in [0.15, 0.2) is 17.3 Å². The van der Waals surface area contributed by atoms with E-state index in [-0.39, 0.29) is 1.43 Å². The molecule has 16 heavy (non-hydrogen) atoms. The quantitative estimate of drug-likeness (QED) is 0.180. The van der Waals surface area contributed by atoms with Crippen LogP contribution in [0.25, 0.3) is 0 Å². The van der Waals surface area contributed by atoms with Crippen molar-refractivity contribution in [2.45, 2.75) is 39.0 Å². The summed E-state index contributed by atoms with van der Waals surface area (Å²) in [5.74, 6) is 0.677. The van der Waals surface area contributed by atoms with Gasteiger partial charge in [-0.05, 0) is 19.8 Å². The summed E-state index contributed by atoms with van der Waals surface area (Å²) in [4.78, 5) is 13.3. The molecule has 0 radical (unpaired) electrons. The van der Waals surface area contributed by atoms with E-state index >= 15 is 0 Å². The Labute approximate surface area is 98.8 Å². The molecule has 0 rings (SSSR count). The Kier molecular flexibility index (Phi) is 11.1. The molecule has 0 aromatic heterocycles. The molecule has 0 saturated carbocycles. The minimum absolute atomic E-state index is 0. The molecule has 0 heterocycles. The first-order valence-electron chi connectivity index (χ1n) is 5.67. The topological polar surface area (TPSA) is 47.9 Å². The molecule has 0 saturated heterocycles. The number of allylic oxidation sites excluding steroid dienone is 1. The number of aliphatic imine (C=N–C) groups is 1. The maximum absolute atomic E-state index is 9.76. The minimum atomic E-state index is 0. The minimum Gasteiger partial charge on any atom is -0.473 e. The summed E-state index contributed by atoms with van der Waals surface area (Å²) in [5, 5.41) is 0. The zero-order valence-electron chi connectivity index (χ0n) is 10.0. The Morgan fingerprint density at radius 1 is 1.31 bits per heavy atom. The summed E-state index contributed by atoms with van der Waals surface area (Å²) in [5.41, 5.74) is 0. The molecule has 4 heteroatoms. The van der Waals surface area contributed by atoms with Gasteiger partial charge in [-0.3, -0.25) is 0 Å². The van der Waals surface area contributed by atoms with E-state index in [0.29, 0.717) is 19.1 Å². The first kappa shape index (κ1) is 14.9. The van der Waals surface area contributed by atoms with Crippen LogP contribution < -0.4 is 0 Å². The lowest BCUT2D eigenvalue weighted by Crippen LogP contribution is -1.99. The highest BCUT2D eigenvalue weighted by Gasteiger charge is 1.92. The number of rotatable bonds is 11. The second-order valence-corrected chi connectivity index (χ2v) is 3.61. The van der Waals surface area contributed by atoms with Crippen LogP contribution in [-0.4, -0.2) is 26.0 Å². The van der Waals surface area contributed by atoms with Gasteiger partial charge in [0.25, 0.3) is 0 Å². The second-order valence-electron chi connectivity index (χ2n) is 3.61. The van der Waals surface area contributed by atoms with E-state index in [1.54, 1.807) is 6.92 Å². The van der Waals surface area contributed by atoms with Crippen LogP contribution >= 0.6 is 0 Å². The molecule has 0 bridgehead atoms. The van der Waals surface area contributed by atoms with Crippen LogP contribution in [0.5, 0.6) is 0 Å². The van der Waals surface area contributed by atoms with Crippen molar-refractivity contribution in [3.8, 4) is 0 Å². The smallest absolute Gasteiger partial charge is 0.234 e. The molecular formula is C12H23NO3. The first-order chi connectivity index (χ1) is 7.77. The summed E-state index contributed by atoms with van der Waals surface area (Å²) < 4.78 is 10.3. The number of unbranched alkanes of at least 4 members (excludes halogenated alkanes) is 4. The summed E-state index contributed by atoms with van der Waals surface area (Å²) in [6.45, 7) is 7.02. The Morgan fingerprint density at radius 2 is 2.00 bits per heavy atom. The molecule has 0 atom stereocenters. The van der Waals surface area contributed by atoms with Crippen molar-refractivity contribution in [3.63, 3.8) is 0 Å². The zero-order valence-corrected chi connectivity index (χ0v) is 10.0. The van der Waals surface area contributed by atoms with Crippen molar-refractivity contribution >= 4 is 6.08 Å². The standard InChI is InChI=1S/C12H21NO3.H2/c1-12(2)16-11-15-9-7-5-3-4-6-8-13-10-14;/h1,3-9,11H2,2H3;1H. The Morgan fingerprint density at radius 3 is 2.69 bits per heavy atom. The molecular weight excluding hydrogens is 206 g/mol. The highest BCUT2D eigenvalue weighted by atomic mass is 16.7. The lowest BCUT2D eigenvalue weighted by Gasteiger charge is -2.05. The van der Waals surface area contributed by atoms with E-state index < -0.39 is 0 Å². The Balaban J connectivity index is 0.